The minimum absolute atomic E-state index is 0.00909. The number of para-hydroxylation sites is 1. The smallest absolute Gasteiger partial charge is 0.239 e. The summed E-state index contributed by atoms with van der Waals surface area (Å²) in [6.07, 6.45) is 0.647. The zero-order valence-corrected chi connectivity index (χ0v) is 11.8. The third kappa shape index (κ3) is 3.73. The Morgan fingerprint density at radius 2 is 2.10 bits per heavy atom. The summed E-state index contributed by atoms with van der Waals surface area (Å²) in [4.78, 5) is 23.5. The fourth-order valence-corrected chi connectivity index (χ4v) is 2.18. The molecule has 1 aliphatic rings. The van der Waals surface area contributed by atoms with Gasteiger partial charge in [0.05, 0.1) is 12.5 Å². The molecule has 0 saturated heterocycles. The molecule has 1 aromatic rings. The van der Waals surface area contributed by atoms with Crippen LogP contribution in [0.15, 0.2) is 24.3 Å². The number of hydrogen-bond donors (Lipinski definition) is 2. The number of benzene rings is 1. The molecule has 1 atom stereocenters. The molecule has 20 heavy (non-hydrogen) atoms. The molecule has 2 amide bonds. The van der Waals surface area contributed by atoms with Crippen molar-refractivity contribution in [1.82, 2.24) is 10.6 Å². The van der Waals surface area contributed by atoms with Crippen LogP contribution >= 0.6 is 0 Å². The first-order valence-corrected chi connectivity index (χ1v) is 6.84. The van der Waals surface area contributed by atoms with Crippen LogP contribution in [0.25, 0.3) is 0 Å². The van der Waals surface area contributed by atoms with Gasteiger partial charge in [-0.2, -0.15) is 0 Å². The zero-order valence-electron chi connectivity index (χ0n) is 11.8. The fraction of sp³-hybridized carbons (Fsp3) is 0.467. The molecule has 1 heterocycles. The number of fused-ring (bicyclic) bond motifs is 1. The molecule has 0 bridgehead atoms. The molecule has 5 nitrogen and oxygen atoms in total. The van der Waals surface area contributed by atoms with Gasteiger partial charge in [-0.15, -0.1) is 0 Å². The van der Waals surface area contributed by atoms with Crippen molar-refractivity contribution < 1.29 is 14.3 Å². The third-order valence-electron chi connectivity index (χ3n) is 3.12. The van der Waals surface area contributed by atoms with Gasteiger partial charge < -0.3 is 15.4 Å². The van der Waals surface area contributed by atoms with Crippen molar-refractivity contribution in [1.29, 1.82) is 0 Å². The number of rotatable bonds is 4. The molecule has 0 aromatic heterocycles. The first-order chi connectivity index (χ1) is 9.56. The van der Waals surface area contributed by atoms with E-state index in [-0.39, 0.29) is 30.3 Å². The highest BCUT2D eigenvalue weighted by Crippen LogP contribution is 2.26. The van der Waals surface area contributed by atoms with Gasteiger partial charge >= 0.3 is 0 Å². The minimum atomic E-state index is -0.239. The van der Waals surface area contributed by atoms with Crippen LogP contribution in [0.5, 0.6) is 5.75 Å². The largest absolute Gasteiger partial charge is 0.492 e. The van der Waals surface area contributed by atoms with Crippen LogP contribution < -0.4 is 15.4 Å². The van der Waals surface area contributed by atoms with Crippen molar-refractivity contribution in [3.05, 3.63) is 29.8 Å². The number of ether oxygens (including phenoxy) is 1. The van der Waals surface area contributed by atoms with Crippen LogP contribution in [0.2, 0.25) is 0 Å². The Morgan fingerprint density at radius 3 is 2.85 bits per heavy atom. The molecule has 0 saturated carbocycles. The van der Waals surface area contributed by atoms with Crippen LogP contribution in [0.3, 0.4) is 0 Å². The number of carbonyl (C=O) groups is 2. The van der Waals surface area contributed by atoms with Crippen LogP contribution in [-0.2, 0) is 16.0 Å². The first kappa shape index (κ1) is 14.4. The number of amides is 2. The SMILES string of the molecule is CC(C)NC(=O)CNC(=O)C1COc2ccccc2C1. The minimum Gasteiger partial charge on any atom is -0.492 e. The number of nitrogens with one attached hydrogen (secondary N) is 2. The zero-order chi connectivity index (χ0) is 14.5. The molecule has 0 fully saturated rings. The second-order valence-corrected chi connectivity index (χ2v) is 5.26. The van der Waals surface area contributed by atoms with Gasteiger partial charge in [0.25, 0.3) is 0 Å². The van der Waals surface area contributed by atoms with Gasteiger partial charge in [-0.3, -0.25) is 9.59 Å². The summed E-state index contributed by atoms with van der Waals surface area (Å²) in [6, 6.07) is 7.78. The lowest BCUT2D eigenvalue weighted by Crippen LogP contribution is -2.43. The molecular formula is C15H20N2O3. The van der Waals surface area contributed by atoms with Crippen LogP contribution in [0.1, 0.15) is 19.4 Å². The van der Waals surface area contributed by atoms with Crippen molar-refractivity contribution in [3.8, 4) is 5.75 Å². The maximum Gasteiger partial charge on any atom is 0.239 e. The predicted octanol–water partition coefficient (Wildman–Crippen LogP) is 0.878. The average molecular weight is 276 g/mol. The standard InChI is InChI=1S/C15H20N2O3/c1-10(2)17-14(18)8-16-15(19)12-7-11-5-3-4-6-13(11)20-9-12/h3-6,10,12H,7-9H2,1-2H3,(H,16,19)(H,17,18). The first-order valence-electron chi connectivity index (χ1n) is 6.84. The lowest BCUT2D eigenvalue weighted by atomic mass is 9.96. The molecule has 2 rings (SSSR count). The highest BCUT2D eigenvalue weighted by atomic mass is 16.5. The second-order valence-electron chi connectivity index (χ2n) is 5.26. The van der Waals surface area contributed by atoms with Gasteiger partial charge in [0.2, 0.25) is 11.8 Å². The highest BCUT2D eigenvalue weighted by molar-refractivity contribution is 5.86. The Kier molecular flexibility index (Phi) is 4.61. The van der Waals surface area contributed by atoms with Crippen molar-refractivity contribution in [3.63, 3.8) is 0 Å². The molecular weight excluding hydrogens is 256 g/mol. The van der Waals surface area contributed by atoms with E-state index in [1.807, 2.05) is 38.1 Å². The Hall–Kier alpha value is -2.04. The topological polar surface area (TPSA) is 67.4 Å². The molecule has 0 aliphatic carbocycles. The summed E-state index contributed by atoms with van der Waals surface area (Å²) in [7, 11) is 0. The molecule has 0 radical (unpaired) electrons. The Balaban J connectivity index is 1.84. The van der Waals surface area contributed by atoms with Gasteiger partial charge in [0.1, 0.15) is 12.4 Å². The van der Waals surface area contributed by atoms with Gasteiger partial charge in [-0.25, -0.2) is 0 Å². The summed E-state index contributed by atoms with van der Waals surface area (Å²) >= 11 is 0. The lowest BCUT2D eigenvalue weighted by Gasteiger charge is -2.24. The Morgan fingerprint density at radius 1 is 1.35 bits per heavy atom. The maximum absolute atomic E-state index is 12.0. The highest BCUT2D eigenvalue weighted by Gasteiger charge is 2.25. The van der Waals surface area contributed by atoms with Crippen molar-refractivity contribution >= 4 is 11.8 Å². The summed E-state index contributed by atoms with van der Waals surface area (Å²) < 4.78 is 5.57. The van der Waals surface area contributed by atoms with Crippen molar-refractivity contribution in [2.45, 2.75) is 26.3 Å². The monoisotopic (exact) mass is 276 g/mol. The molecule has 108 valence electrons. The predicted molar refractivity (Wildman–Crippen MR) is 75.4 cm³/mol. The van der Waals surface area contributed by atoms with E-state index in [0.29, 0.717) is 13.0 Å². The third-order valence-corrected chi connectivity index (χ3v) is 3.12. The van der Waals surface area contributed by atoms with Crippen LogP contribution in [-0.4, -0.2) is 31.0 Å². The van der Waals surface area contributed by atoms with Gasteiger partial charge in [0, 0.05) is 6.04 Å². The van der Waals surface area contributed by atoms with Crippen molar-refractivity contribution in [2.24, 2.45) is 5.92 Å². The van der Waals surface area contributed by atoms with Crippen LogP contribution in [0, 0.1) is 5.92 Å². The second kappa shape index (κ2) is 6.41. The summed E-state index contributed by atoms with van der Waals surface area (Å²) in [5.74, 6) is 0.287. The Bertz CT molecular complexity index is 500. The average Bonchev–Trinajstić information content (AvgIpc) is 2.43. The molecule has 1 aromatic carbocycles. The van der Waals surface area contributed by atoms with E-state index in [2.05, 4.69) is 10.6 Å². The number of hydrogen-bond acceptors (Lipinski definition) is 3. The van der Waals surface area contributed by atoms with Crippen molar-refractivity contribution in [2.75, 3.05) is 13.2 Å². The van der Waals surface area contributed by atoms with Gasteiger partial charge in [0.15, 0.2) is 0 Å². The summed E-state index contributed by atoms with van der Waals surface area (Å²) in [6.45, 7) is 4.13. The normalized spacial score (nSPS) is 17.1. The van der Waals surface area contributed by atoms with Gasteiger partial charge in [-0.1, -0.05) is 18.2 Å². The molecule has 1 aliphatic heterocycles. The van der Waals surface area contributed by atoms with E-state index < -0.39 is 0 Å². The van der Waals surface area contributed by atoms with E-state index in [1.165, 1.54) is 0 Å². The van der Waals surface area contributed by atoms with E-state index in [9.17, 15) is 9.59 Å². The van der Waals surface area contributed by atoms with E-state index in [4.69, 9.17) is 4.74 Å². The Labute approximate surface area is 118 Å². The summed E-state index contributed by atoms with van der Waals surface area (Å²) in [5.41, 5.74) is 1.03. The molecule has 0 spiro atoms. The van der Waals surface area contributed by atoms with E-state index >= 15 is 0 Å². The van der Waals surface area contributed by atoms with Crippen LogP contribution in [0.4, 0.5) is 0 Å². The maximum atomic E-state index is 12.0. The molecule has 2 N–H and O–H groups in total. The summed E-state index contributed by atoms with van der Waals surface area (Å²) in [5, 5.41) is 5.39. The molecule has 1 unspecified atom stereocenters. The van der Waals surface area contributed by atoms with Gasteiger partial charge in [-0.05, 0) is 31.9 Å². The van der Waals surface area contributed by atoms with E-state index in [0.717, 1.165) is 11.3 Å². The van der Waals surface area contributed by atoms with E-state index in [1.54, 1.807) is 0 Å². The lowest BCUT2D eigenvalue weighted by molar-refractivity contribution is -0.129. The number of carbonyl (C=O) groups excluding carboxylic acids is 2. The quantitative estimate of drug-likeness (QED) is 0.858. The fourth-order valence-electron chi connectivity index (χ4n) is 2.18. The molecule has 5 heteroatoms.